The van der Waals surface area contributed by atoms with Crippen LogP contribution < -0.4 is 10.6 Å². The molecule has 0 spiro atoms. The molecule has 7 heteroatoms. The highest BCUT2D eigenvalue weighted by Gasteiger charge is 2.25. The van der Waals surface area contributed by atoms with Crippen LogP contribution in [0.5, 0.6) is 0 Å². The van der Waals surface area contributed by atoms with Gasteiger partial charge in [0.25, 0.3) is 0 Å². The molecule has 0 aromatic carbocycles. The maximum absolute atomic E-state index is 12.9. The second kappa shape index (κ2) is 5.47. The van der Waals surface area contributed by atoms with Crippen LogP contribution in [0.3, 0.4) is 0 Å². The molecular weight excluding hydrogens is 253 g/mol. The Bertz CT molecular complexity index is 533. The fourth-order valence-corrected chi connectivity index (χ4v) is 1.80. The summed E-state index contributed by atoms with van der Waals surface area (Å²) in [5, 5.41) is 13.8. The number of pyridine rings is 1. The number of urea groups is 1. The number of carboxylic acids is 1. The van der Waals surface area contributed by atoms with Crippen molar-refractivity contribution >= 4 is 17.7 Å². The Morgan fingerprint density at radius 2 is 2.16 bits per heavy atom. The number of hydrogen-bond acceptors (Lipinski definition) is 3. The quantitative estimate of drug-likeness (QED) is 0.720. The van der Waals surface area contributed by atoms with Crippen LogP contribution in [-0.2, 0) is 4.79 Å². The van der Waals surface area contributed by atoms with Gasteiger partial charge >= 0.3 is 12.0 Å². The second-order valence-electron chi connectivity index (χ2n) is 4.16. The van der Waals surface area contributed by atoms with Gasteiger partial charge in [0.1, 0.15) is 5.82 Å². The van der Waals surface area contributed by atoms with Crippen LogP contribution in [0.2, 0.25) is 0 Å². The van der Waals surface area contributed by atoms with Crippen molar-refractivity contribution in [3.05, 3.63) is 36.4 Å². The predicted molar refractivity (Wildman–Crippen MR) is 65.0 cm³/mol. The normalized spacial score (nSPS) is 21.1. The van der Waals surface area contributed by atoms with E-state index in [1.54, 1.807) is 6.08 Å². The number of carbonyl (C=O) groups is 2. The van der Waals surface area contributed by atoms with E-state index in [0.29, 0.717) is 6.42 Å². The van der Waals surface area contributed by atoms with Gasteiger partial charge < -0.3 is 15.7 Å². The number of hydrogen-bond donors (Lipinski definition) is 3. The van der Waals surface area contributed by atoms with Crippen LogP contribution in [0.1, 0.15) is 6.42 Å². The van der Waals surface area contributed by atoms with Crippen LogP contribution in [0.4, 0.5) is 14.9 Å². The Hall–Kier alpha value is -2.44. The summed E-state index contributed by atoms with van der Waals surface area (Å²) in [4.78, 5) is 25.9. The van der Waals surface area contributed by atoms with Crippen LogP contribution in [0.25, 0.3) is 0 Å². The van der Waals surface area contributed by atoms with Gasteiger partial charge in [-0.3, -0.25) is 9.78 Å². The van der Waals surface area contributed by atoms with Gasteiger partial charge in [-0.1, -0.05) is 12.2 Å². The van der Waals surface area contributed by atoms with Crippen LogP contribution in [0.15, 0.2) is 30.6 Å². The molecule has 2 rings (SSSR count). The van der Waals surface area contributed by atoms with Crippen LogP contribution >= 0.6 is 0 Å². The molecule has 2 atom stereocenters. The summed E-state index contributed by atoms with van der Waals surface area (Å²) in [6, 6.07) is 0.257. The molecule has 6 nitrogen and oxygen atoms in total. The lowest BCUT2D eigenvalue weighted by Crippen LogP contribution is -2.36. The lowest BCUT2D eigenvalue weighted by Gasteiger charge is -2.12. The standard InChI is InChI=1S/C12H12FN3O3/c13-8-4-10(6-14-5-8)16-12(19)15-9-2-1-7(3-9)11(17)18/h1-2,4-7,9H,3H2,(H,17,18)(H2,15,16,19). The topological polar surface area (TPSA) is 91.3 Å². The summed E-state index contributed by atoms with van der Waals surface area (Å²) in [6.07, 6.45) is 5.82. The lowest BCUT2D eigenvalue weighted by atomic mass is 10.1. The smallest absolute Gasteiger partial charge is 0.319 e. The van der Waals surface area contributed by atoms with Crippen molar-refractivity contribution in [2.24, 2.45) is 5.92 Å². The van der Waals surface area contributed by atoms with E-state index in [4.69, 9.17) is 5.11 Å². The molecule has 1 heterocycles. The average Bonchev–Trinajstić information content (AvgIpc) is 2.77. The molecule has 0 fully saturated rings. The zero-order valence-electron chi connectivity index (χ0n) is 9.84. The highest BCUT2D eigenvalue weighted by molar-refractivity contribution is 5.89. The van der Waals surface area contributed by atoms with Gasteiger partial charge in [0.05, 0.1) is 30.0 Å². The third-order valence-corrected chi connectivity index (χ3v) is 2.68. The highest BCUT2D eigenvalue weighted by atomic mass is 19.1. The van der Waals surface area contributed by atoms with E-state index in [1.807, 2.05) is 0 Å². The van der Waals surface area contributed by atoms with Crippen molar-refractivity contribution < 1.29 is 19.1 Å². The summed E-state index contributed by atoms with van der Waals surface area (Å²) in [5.41, 5.74) is 0.231. The second-order valence-corrected chi connectivity index (χ2v) is 4.16. The first-order chi connectivity index (χ1) is 9.04. The van der Waals surface area contributed by atoms with Crippen LogP contribution in [-0.4, -0.2) is 28.1 Å². The molecule has 1 aliphatic carbocycles. The number of anilines is 1. The van der Waals surface area contributed by atoms with Gasteiger partial charge in [0.15, 0.2) is 0 Å². The monoisotopic (exact) mass is 265 g/mol. The van der Waals surface area contributed by atoms with E-state index < -0.39 is 23.7 Å². The van der Waals surface area contributed by atoms with Gasteiger partial charge in [-0.2, -0.15) is 0 Å². The van der Waals surface area contributed by atoms with Crippen molar-refractivity contribution in [1.82, 2.24) is 10.3 Å². The third kappa shape index (κ3) is 3.51. The molecule has 0 aliphatic heterocycles. The Kier molecular flexibility index (Phi) is 3.74. The summed E-state index contributed by atoms with van der Waals surface area (Å²) in [7, 11) is 0. The first-order valence-corrected chi connectivity index (χ1v) is 5.64. The van der Waals surface area contributed by atoms with Crippen molar-refractivity contribution in [1.29, 1.82) is 0 Å². The summed E-state index contributed by atoms with van der Waals surface area (Å²) in [6.45, 7) is 0. The number of carbonyl (C=O) groups excluding carboxylic acids is 1. The number of aliphatic carboxylic acids is 1. The van der Waals surface area contributed by atoms with Gasteiger partial charge in [0.2, 0.25) is 0 Å². The van der Waals surface area contributed by atoms with E-state index in [0.717, 1.165) is 12.3 Å². The molecule has 3 N–H and O–H groups in total. The van der Waals surface area contributed by atoms with E-state index >= 15 is 0 Å². The number of aromatic nitrogens is 1. The van der Waals surface area contributed by atoms with Crippen molar-refractivity contribution in [2.45, 2.75) is 12.5 Å². The first-order valence-electron chi connectivity index (χ1n) is 5.64. The largest absolute Gasteiger partial charge is 0.481 e. The zero-order valence-corrected chi connectivity index (χ0v) is 9.84. The minimum atomic E-state index is -0.921. The molecule has 19 heavy (non-hydrogen) atoms. The summed E-state index contributed by atoms with van der Waals surface area (Å²) >= 11 is 0. The van der Waals surface area contributed by atoms with Gasteiger partial charge in [-0.15, -0.1) is 0 Å². The predicted octanol–water partition coefficient (Wildman–Crippen LogP) is 1.37. The molecule has 2 amide bonds. The molecule has 0 saturated carbocycles. The molecule has 1 aromatic rings. The van der Waals surface area contributed by atoms with E-state index in [-0.39, 0.29) is 11.7 Å². The molecule has 1 aromatic heterocycles. The molecular formula is C12H12FN3O3. The maximum Gasteiger partial charge on any atom is 0.319 e. The minimum absolute atomic E-state index is 0.231. The van der Waals surface area contributed by atoms with Crippen molar-refractivity contribution in [2.75, 3.05) is 5.32 Å². The number of nitrogens with zero attached hydrogens (tertiary/aromatic N) is 1. The molecule has 0 bridgehead atoms. The molecule has 0 saturated heterocycles. The Labute approximate surface area is 108 Å². The molecule has 100 valence electrons. The Morgan fingerprint density at radius 3 is 2.79 bits per heavy atom. The first kappa shape index (κ1) is 13.0. The lowest BCUT2D eigenvalue weighted by molar-refractivity contribution is -0.140. The fourth-order valence-electron chi connectivity index (χ4n) is 1.80. The zero-order chi connectivity index (χ0) is 13.8. The maximum atomic E-state index is 12.9. The van der Waals surface area contributed by atoms with Gasteiger partial charge in [-0.25, -0.2) is 9.18 Å². The third-order valence-electron chi connectivity index (χ3n) is 2.68. The Morgan fingerprint density at radius 1 is 1.37 bits per heavy atom. The summed E-state index contributed by atoms with van der Waals surface area (Å²) < 4.78 is 12.9. The van der Waals surface area contributed by atoms with E-state index in [2.05, 4.69) is 15.6 Å². The number of halogens is 1. The van der Waals surface area contributed by atoms with Gasteiger partial charge in [0, 0.05) is 6.07 Å². The van der Waals surface area contributed by atoms with Crippen molar-refractivity contribution in [3.63, 3.8) is 0 Å². The SMILES string of the molecule is O=C(Nc1cncc(F)c1)NC1C=CC(C(=O)O)C1. The average molecular weight is 265 g/mol. The number of rotatable bonds is 3. The highest BCUT2D eigenvalue weighted by Crippen LogP contribution is 2.18. The van der Waals surface area contributed by atoms with E-state index in [9.17, 15) is 14.0 Å². The van der Waals surface area contributed by atoms with Crippen LogP contribution in [0, 0.1) is 11.7 Å². The number of amides is 2. The Balaban J connectivity index is 1.86. The van der Waals surface area contributed by atoms with Gasteiger partial charge in [-0.05, 0) is 6.42 Å². The molecule has 2 unspecified atom stereocenters. The summed E-state index contributed by atoms with van der Waals surface area (Å²) in [5.74, 6) is -2.05. The fraction of sp³-hybridized carbons (Fsp3) is 0.250. The molecule has 1 aliphatic rings. The molecule has 0 radical (unpaired) electrons. The van der Waals surface area contributed by atoms with Crippen molar-refractivity contribution in [3.8, 4) is 0 Å². The minimum Gasteiger partial charge on any atom is -0.481 e. The number of carboxylic acid groups (broad SMARTS) is 1. The van der Waals surface area contributed by atoms with E-state index in [1.165, 1.54) is 12.3 Å². The number of nitrogens with one attached hydrogen (secondary N) is 2.